The van der Waals surface area contributed by atoms with E-state index in [4.69, 9.17) is 23.2 Å². The summed E-state index contributed by atoms with van der Waals surface area (Å²) in [4.78, 5) is 4.45. The summed E-state index contributed by atoms with van der Waals surface area (Å²) in [6.07, 6.45) is 2.35. The molecule has 0 atom stereocenters. The molecule has 16 heavy (non-hydrogen) atoms. The van der Waals surface area contributed by atoms with Gasteiger partial charge in [0.25, 0.3) is 0 Å². The van der Waals surface area contributed by atoms with Crippen LogP contribution in [-0.2, 0) is 0 Å². The highest BCUT2D eigenvalue weighted by Crippen LogP contribution is 2.31. The van der Waals surface area contributed by atoms with Crippen molar-refractivity contribution in [2.75, 3.05) is 17.6 Å². The zero-order chi connectivity index (χ0) is 11.4. The van der Waals surface area contributed by atoms with E-state index >= 15 is 0 Å². The predicted molar refractivity (Wildman–Crippen MR) is 74.1 cm³/mol. The van der Waals surface area contributed by atoms with E-state index in [2.05, 4.69) is 10.3 Å². The molecule has 86 valence electrons. The molecular formula is C11H12Cl2N2S. The van der Waals surface area contributed by atoms with E-state index in [0.29, 0.717) is 10.0 Å². The van der Waals surface area contributed by atoms with Gasteiger partial charge in [0.05, 0.1) is 15.7 Å². The first kappa shape index (κ1) is 12.1. The molecule has 1 heterocycles. The summed E-state index contributed by atoms with van der Waals surface area (Å²) in [7, 11) is 0. The van der Waals surface area contributed by atoms with Crippen molar-refractivity contribution >= 4 is 45.8 Å². The number of thioether (sulfide) groups is 1. The van der Waals surface area contributed by atoms with Gasteiger partial charge in [0, 0.05) is 12.3 Å². The van der Waals surface area contributed by atoms with Crippen molar-refractivity contribution in [3.05, 3.63) is 28.2 Å². The van der Waals surface area contributed by atoms with Crippen LogP contribution in [0, 0.1) is 0 Å². The lowest BCUT2D eigenvalue weighted by molar-refractivity contribution is 0.823. The molecule has 1 N–H and O–H groups in total. The Bertz CT molecular complexity index is 387. The zero-order valence-electron chi connectivity index (χ0n) is 8.67. The van der Waals surface area contributed by atoms with E-state index in [-0.39, 0.29) is 0 Å². The number of rotatable bonds is 1. The summed E-state index contributed by atoms with van der Waals surface area (Å²) in [5, 5.41) is 5.37. The van der Waals surface area contributed by atoms with Gasteiger partial charge >= 0.3 is 0 Å². The number of anilines is 1. The molecule has 5 heteroatoms. The first-order chi connectivity index (χ1) is 7.77. The van der Waals surface area contributed by atoms with Crippen LogP contribution in [0.1, 0.15) is 12.8 Å². The van der Waals surface area contributed by atoms with E-state index in [1.807, 2.05) is 18.2 Å². The van der Waals surface area contributed by atoms with Crippen molar-refractivity contribution in [1.29, 1.82) is 0 Å². The molecule has 0 bridgehead atoms. The second-order valence-electron chi connectivity index (χ2n) is 3.46. The Morgan fingerprint density at radius 1 is 1.19 bits per heavy atom. The van der Waals surface area contributed by atoms with Crippen LogP contribution in [-0.4, -0.2) is 17.5 Å². The third kappa shape index (κ3) is 3.06. The van der Waals surface area contributed by atoms with E-state index in [1.54, 1.807) is 11.8 Å². The van der Waals surface area contributed by atoms with Crippen LogP contribution < -0.4 is 5.32 Å². The molecule has 0 unspecified atom stereocenters. The van der Waals surface area contributed by atoms with Gasteiger partial charge in [0.15, 0.2) is 5.17 Å². The molecule has 2 nitrogen and oxygen atoms in total. The number of hydrogen-bond donors (Lipinski definition) is 1. The van der Waals surface area contributed by atoms with Crippen molar-refractivity contribution in [2.45, 2.75) is 12.8 Å². The molecule has 0 aromatic heterocycles. The first-order valence-electron chi connectivity index (χ1n) is 5.15. The Labute approximate surface area is 109 Å². The van der Waals surface area contributed by atoms with Gasteiger partial charge in [-0.25, -0.2) is 0 Å². The topological polar surface area (TPSA) is 24.4 Å². The van der Waals surface area contributed by atoms with Crippen molar-refractivity contribution in [2.24, 2.45) is 4.99 Å². The van der Waals surface area contributed by atoms with Crippen LogP contribution in [0.2, 0.25) is 10.0 Å². The number of aliphatic imine (C=N–C) groups is 1. The van der Waals surface area contributed by atoms with Crippen LogP contribution in [0.5, 0.6) is 0 Å². The quantitative estimate of drug-likeness (QED) is 0.826. The van der Waals surface area contributed by atoms with Gasteiger partial charge < -0.3 is 5.32 Å². The van der Waals surface area contributed by atoms with Gasteiger partial charge in [-0.05, 0) is 25.0 Å². The fourth-order valence-electron chi connectivity index (χ4n) is 1.41. The third-order valence-electron chi connectivity index (χ3n) is 2.24. The maximum absolute atomic E-state index is 6.08. The lowest BCUT2D eigenvalue weighted by atomic mass is 10.3. The maximum atomic E-state index is 6.08. The molecule has 1 aromatic carbocycles. The van der Waals surface area contributed by atoms with Crippen LogP contribution >= 0.6 is 35.0 Å². The van der Waals surface area contributed by atoms with Gasteiger partial charge in [-0.3, -0.25) is 4.99 Å². The molecule has 0 saturated heterocycles. The van der Waals surface area contributed by atoms with Crippen molar-refractivity contribution in [1.82, 2.24) is 0 Å². The Morgan fingerprint density at radius 2 is 1.94 bits per heavy atom. The molecule has 1 aliphatic rings. The largest absolute Gasteiger partial charge is 0.333 e. The fraction of sp³-hybridized carbons (Fsp3) is 0.364. The van der Waals surface area contributed by atoms with Crippen LogP contribution in [0.15, 0.2) is 23.2 Å². The van der Waals surface area contributed by atoms with Crippen molar-refractivity contribution < 1.29 is 0 Å². The molecule has 0 amide bonds. The highest BCUT2D eigenvalue weighted by molar-refractivity contribution is 8.14. The number of halogens is 2. The van der Waals surface area contributed by atoms with Gasteiger partial charge in [0.2, 0.25) is 0 Å². The number of para-hydroxylation sites is 1. The SMILES string of the molecule is Clc1cccc(Cl)c1NC1=NCCCCS1. The minimum Gasteiger partial charge on any atom is -0.333 e. The van der Waals surface area contributed by atoms with Crippen molar-refractivity contribution in [3.63, 3.8) is 0 Å². The molecule has 1 aromatic rings. The average molecular weight is 275 g/mol. The predicted octanol–water partition coefficient (Wildman–Crippen LogP) is 4.29. The fourth-order valence-corrected chi connectivity index (χ4v) is 2.80. The highest BCUT2D eigenvalue weighted by Gasteiger charge is 2.10. The zero-order valence-corrected chi connectivity index (χ0v) is 11.0. The standard InChI is InChI=1S/C11H12Cl2N2S/c12-8-4-3-5-9(13)10(8)15-11-14-6-1-2-7-16-11/h3-5H,1-2,6-7H2,(H,14,15). The lowest BCUT2D eigenvalue weighted by Gasteiger charge is -2.10. The Kier molecular flexibility index (Phi) is 4.38. The van der Waals surface area contributed by atoms with Crippen LogP contribution in [0.3, 0.4) is 0 Å². The lowest BCUT2D eigenvalue weighted by Crippen LogP contribution is -2.08. The van der Waals surface area contributed by atoms with Crippen LogP contribution in [0.25, 0.3) is 0 Å². The Balaban J connectivity index is 2.16. The second kappa shape index (κ2) is 5.80. The number of nitrogens with zero attached hydrogens (tertiary/aromatic N) is 1. The molecule has 0 saturated carbocycles. The highest BCUT2D eigenvalue weighted by atomic mass is 35.5. The average Bonchev–Trinajstić information content (AvgIpc) is 2.52. The molecule has 0 aliphatic carbocycles. The third-order valence-corrected chi connectivity index (χ3v) is 3.87. The summed E-state index contributed by atoms with van der Waals surface area (Å²) >= 11 is 13.9. The van der Waals surface area contributed by atoms with Gasteiger partial charge in [-0.2, -0.15) is 0 Å². The summed E-state index contributed by atoms with van der Waals surface area (Å²) < 4.78 is 0. The number of benzene rings is 1. The van der Waals surface area contributed by atoms with Crippen molar-refractivity contribution in [3.8, 4) is 0 Å². The molecule has 2 rings (SSSR count). The maximum Gasteiger partial charge on any atom is 0.161 e. The molecule has 1 aliphatic heterocycles. The summed E-state index contributed by atoms with van der Waals surface area (Å²) in [5.74, 6) is 1.09. The molecule has 0 fully saturated rings. The van der Waals surface area contributed by atoms with Gasteiger partial charge in [0.1, 0.15) is 0 Å². The Hall–Kier alpha value is -0.380. The minimum atomic E-state index is 0.625. The van der Waals surface area contributed by atoms with Crippen LogP contribution in [0.4, 0.5) is 5.69 Å². The number of hydrogen-bond acceptors (Lipinski definition) is 3. The minimum absolute atomic E-state index is 0.625. The number of nitrogens with one attached hydrogen (secondary N) is 1. The molecular weight excluding hydrogens is 263 g/mol. The van der Waals surface area contributed by atoms with E-state index in [1.165, 1.54) is 6.42 Å². The summed E-state index contributed by atoms with van der Waals surface area (Å²) in [5.41, 5.74) is 0.749. The van der Waals surface area contributed by atoms with E-state index < -0.39 is 0 Å². The second-order valence-corrected chi connectivity index (χ2v) is 5.36. The van der Waals surface area contributed by atoms with Gasteiger partial charge in [-0.1, -0.05) is 41.0 Å². The molecule has 0 radical (unpaired) electrons. The van der Waals surface area contributed by atoms with Gasteiger partial charge in [-0.15, -0.1) is 0 Å². The monoisotopic (exact) mass is 274 g/mol. The molecule has 0 spiro atoms. The summed E-state index contributed by atoms with van der Waals surface area (Å²) in [6.45, 7) is 0.872. The first-order valence-corrected chi connectivity index (χ1v) is 6.90. The van der Waals surface area contributed by atoms with E-state index in [9.17, 15) is 0 Å². The number of amidine groups is 1. The normalized spacial score (nSPS) is 16.5. The van der Waals surface area contributed by atoms with E-state index in [0.717, 1.165) is 29.6 Å². The smallest absolute Gasteiger partial charge is 0.161 e. The Morgan fingerprint density at radius 3 is 2.69 bits per heavy atom. The summed E-state index contributed by atoms with van der Waals surface area (Å²) in [6, 6.07) is 5.47.